The molecule has 1 amide bonds. The fourth-order valence-electron chi connectivity index (χ4n) is 2.17. The van der Waals surface area contributed by atoms with E-state index in [0.29, 0.717) is 6.42 Å². The van der Waals surface area contributed by atoms with E-state index < -0.39 is 0 Å². The van der Waals surface area contributed by atoms with Gasteiger partial charge < -0.3 is 10.0 Å². The Morgan fingerprint density at radius 2 is 2.07 bits per heavy atom. The van der Waals surface area contributed by atoms with Crippen molar-refractivity contribution in [1.82, 2.24) is 4.90 Å². The lowest BCUT2D eigenvalue weighted by molar-refractivity contribution is -0.132. The highest BCUT2D eigenvalue weighted by atomic mass is 16.3. The molecule has 1 aliphatic rings. The van der Waals surface area contributed by atoms with Crippen molar-refractivity contribution in [3.63, 3.8) is 0 Å². The maximum absolute atomic E-state index is 11.7. The van der Waals surface area contributed by atoms with Crippen molar-refractivity contribution < 1.29 is 9.90 Å². The summed E-state index contributed by atoms with van der Waals surface area (Å²) in [5.41, 5.74) is 0. The smallest absolute Gasteiger partial charge is 0.222 e. The van der Waals surface area contributed by atoms with E-state index in [9.17, 15) is 4.79 Å². The van der Waals surface area contributed by atoms with Gasteiger partial charge in [0.15, 0.2) is 0 Å². The van der Waals surface area contributed by atoms with Crippen LogP contribution >= 0.6 is 0 Å². The van der Waals surface area contributed by atoms with Crippen LogP contribution in [0, 0.1) is 5.92 Å². The van der Waals surface area contributed by atoms with Gasteiger partial charge >= 0.3 is 0 Å². The van der Waals surface area contributed by atoms with Gasteiger partial charge in [0.1, 0.15) is 0 Å². The topological polar surface area (TPSA) is 40.5 Å². The Bertz CT molecular complexity index is 200. The number of hydrogen-bond donors (Lipinski definition) is 1. The fraction of sp³-hybridized carbons (Fsp3) is 0.917. The molecule has 0 aromatic heterocycles. The number of rotatable bonds is 5. The van der Waals surface area contributed by atoms with Crippen molar-refractivity contribution in [1.29, 1.82) is 0 Å². The van der Waals surface area contributed by atoms with E-state index in [0.717, 1.165) is 12.3 Å². The Morgan fingerprint density at radius 1 is 1.47 bits per heavy atom. The predicted molar refractivity (Wildman–Crippen MR) is 60.5 cm³/mol. The first-order valence-corrected chi connectivity index (χ1v) is 6.01. The molecule has 1 rings (SSSR count). The number of carbonyl (C=O) groups is 1. The molecule has 1 unspecified atom stereocenters. The summed E-state index contributed by atoms with van der Waals surface area (Å²) in [5, 5.41) is 8.94. The lowest BCUT2D eigenvalue weighted by Gasteiger charge is -2.23. The average molecular weight is 213 g/mol. The third-order valence-corrected chi connectivity index (χ3v) is 3.56. The third-order valence-electron chi connectivity index (χ3n) is 3.56. The van der Waals surface area contributed by atoms with Crippen molar-refractivity contribution >= 4 is 5.91 Å². The maximum Gasteiger partial charge on any atom is 0.222 e. The molecule has 88 valence electrons. The quantitative estimate of drug-likeness (QED) is 0.756. The van der Waals surface area contributed by atoms with Crippen LogP contribution in [-0.2, 0) is 4.79 Å². The van der Waals surface area contributed by atoms with Crippen molar-refractivity contribution in [3.8, 4) is 0 Å². The van der Waals surface area contributed by atoms with E-state index in [2.05, 4.69) is 0 Å². The summed E-state index contributed by atoms with van der Waals surface area (Å²) < 4.78 is 0. The van der Waals surface area contributed by atoms with Gasteiger partial charge in [-0.2, -0.15) is 0 Å². The molecule has 0 spiro atoms. The van der Waals surface area contributed by atoms with Gasteiger partial charge in [-0.1, -0.05) is 25.7 Å². The van der Waals surface area contributed by atoms with Crippen molar-refractivity contribution in [2.75, 3.05) is 13.7 Å². The van der Waals surface area contributed by atoms with E-state index in [1.165, 1.54) is 25.7 Å². The third kappa shape index (κ3) is 3.82. The van der Waals surface area contributed by atoms with Crippen molar-refractivity contribution in [2.45, 2.75) is 51.5 Å². The Labute approximate surface area is 92.5 Å². The minimum atomic E-state index is -0.0546. The second kappa shape index (κ2) is 6.11. The summed E-state index contributed by atoms with van der Waals surface area (Å²) in [6.45, 7) is 1.92. The number of nitrogens with zero attached hydrogens (tertiary/aromatic N) is 1. The molecule has 0 heterocycles. The van der Waals surface area contributed by atoms with Crippen molar-refractivity contribution in [3.05, 3.63) is 0 Å². The van der Waals surface area contributed by atoms with Gasteiger partial charge in [-0.3, -0.25) is 4.79 Å². The van der Waals surface area contributed by atoms with Crippen LogP contribution in [0.2, 0.25) is 0 Å². The molecule has 1 atom stereocenters. The molecule has 0 aliphatic heterocycles. The first kappa shape index (κ1) is 12.5. The Balaban J connectivity index is 2.22. The first-order chi connectivity index (χ1) is 7.15. The summed E-state index contributed by atoms with van der Waals surface area (Å²) in [5.74, 6) is 0.940. The molecule has 1 N–H and O–H groups in total. The number of likely N-dealkylation sites (N-methyl/N-ethyl adjacent to an activating group) is 1. The van der Waals surface area contributed by atoms with E-state index in [4.69, 9.17) is 5.11 Å². The first-order valence-electron chi connectivity index (χ1n) is 6.01. The summed E-state index contributed by atoms with van der Waals surface area (Å²) >= 11 is 0. The van der Waals surface area contributed by atoms with E-state index >= 15 is 0 Å². The van der Waals surface area contributed by atoms with Gasteiger partial charge in [0.05, 0.1) is 12.6 Å². The second-order valence-corrected chi connectivity index (χ2v) is 4.73. The second-order valence-electron chi connectivity index (χ2n) is 4.73. The molecule has 0 aromatic rings. The summed E-state index contributed by atoms with van der Waals surface area (Å²) in [4.78, 5) is 13.4. The lowest BCUT2D eigenvalue weighted by Crippen LogP contribution is -2.37. The highest BCUT2D eigenvalue weighted by molar-refractivity contribution is 5.76. The molecule has 0 aromatic carbocycles. The number of aliphatic hydroxyl groups is 1. The van der Waals surface area contributed by atoms with Crippen LogP contribution < -0.4 is 0 Å². The zero-order chi connectivity index (χ0) is 11.3. The summed E-state index contributed by atoms with van der Waals surface area (Å²) in [6.07, 6.45) is 6.94. The van der Waals surface area contributed by atoms with Crippen LogP contribution in [0.25, 0.3) is 0 Å². The van der Waals surface area contributed by atoms with Crippen LogP contribution in [0.15, 0.2) is 0 Å². The fourth-order valence-corrected chi connectivity index (χ4v) is 2.17. The Kier molecular flexibility index (Phi) is 5.09. The average Bonchev–Trinajstić information content (AvgIpc) is 2.76. The Morgan fingerprint density at radius 3 is 2.60 bits per heavy atom. The minimum absolute atomic E-state index is 0.0473. The lowest BCUT2D eigenvalue weighted by atomic mass is 10.0. The number of aliphatic hydroxyl groups excluding tert-OH is 1. The molecular weight excluding hydrogens is 190 g/mol. The molecule has 1 fully saturated rings. The van der Waals surface area contributed by atoms with Crippen LogP contribution in [0.5, 0.6) is 0 Å². The van der Waals surface area contributed by atoms with Gasteiger partial charge in [-0.05, 0) is 19.3 Å². The molecule has 1 saturated carbocycles. The highest BCUT2D eigenvalue weighted by Gasteiger charge is 2.19. The summed E-state index contributed by atoms with van der Waals surface area (Å²) in [7, 11) is 1.78. The van der Waals surface area contributed by atoms with E-state index in [1.54, 1.807) is 11.9 Å². The molecule has 3 heteroatoms. The largest absolute Gasteiger partial charge is 0.394 e. The SMILES string of the molecule is CC(CO)N(C)C(=O)CCC1CCCC1. The number of hydrogen-bond acceptors (Lipinski definition) is 2. The molecular formula is C12H23NO2. The standard InChI is InChI=1S/C12H23NO2/c1-10(9-14)13(2)12(15)8-7-11-5-3-4-6-11/h10-11,14H,3-9H2,1-2H3. The normalized spacial score (nSPS) is 19.1. The number of amides is 1. The zero-order valence-electron chi connectivity index (χ0n) is 9.91. The van der Waals surface area contributed by atoms with E-state index in [1.807, 2.05) is 6.92 Å². The van der Waals surface area contributed by atoms with E-state index in [-0.39, 0.29) is 18.6 Å². The van der Waals surface area contributed by atoms with Gasteiger partial charge in [0, 0.05) is 13.5 Å². The highest BCUT2D eigenvalue weighted by Crippen LogP contribution is 2.28. The minimum Gasteiger partial charge on any atom is -0.394 e. The van der Waals surface area contributed by atoms with Gasteiger partial charge in [0.25, 0.3) is 0 Å². The zero-order valence-corrected chi connectivity index (χ0v) is 9.91. The predicted octanol–water partition coefficient (Wildman–Crippen LogP) is 1.80. The molecule has 3 nitrogen and oxygen atoms in total. The van der Waals surface area contributed by atoms with Crippen LogP contribution in [0.1, 0.15) is 45.4 Å². The van der Waals surface area contributed by atoms with Gasteiger partial charge in [-0.15, -0.1) is 0 Å². The molecule has 0 saturated heterocycles. The molecule has 1 aliphatic carbocycles. The van der Waals surface area contributed by atoms with Crippen LogP contribution in [0.4, 0.5) is 0 Å². The van der Waals surface area contributed by atoms with Crippen LogP contribution in [-0.4, -0.2) is 35.6 Å². The van der Waals surface area contributed by atoms with Gasteiger partial charge in [0.2, 0.25) is 5.91 Å². The maximum atomic E-state index is 11.7. The molecule has 15 heavy (non-hydrogen) atoms. The summed E-state index contributed by atoms with van der Waals surface area (Å²) in [6, 6.07) is -0.0546. The van der Waals surface area contributed by atoms with Crippen LogP contribution in [0.3, 0.4) is 0 Å². The van der Waals surface area contributed by atoms with Crippen molar-refractivity contribution in [2.24, 2.45) is 5.92 Å². The Hall–Kier alpha value is -0.570. The number of carbonyl (C=O) groups excluding carboxylic acids is 1. The molecule has 0 bridgehead atoms. The van der Waals surface area contributed by atoms with Gasteiger partial charge in [-0.25, -0.2) is 0 Å². The molecule has 0 radical (unpaired) electrons. The monoisotopic (exact) mass is 213 g/mol.